The summed E-state index contributed by atoms with van der Waals surface area (Å²) in [6.07, 6.45) is 1.15. The van der Waals surface area contributed by atoms with Crippen LogP contribution >= 0.6 is 0 Å². The van der Waals surface area contributed by atoms with Gasteiger partial charge >= 0.3 is 0 Å². The van der Waals surface area contributed by atoms with Crippen LogP contribution in [0.4, 0.5) is 5.69 Å². The number of aryl methyl sites for hydroxylation is 1. The van der Waals surface area contributed by atoms with Crippen molar-refractivity contribution in [2.24, 2.45) is 0 Å². The van der Waals surface area contributed by atoms with Crippen LogP contribution in [0.5, 0.6) is 11.5 Å². The number of nitrogens with zero attached hydrogens (tertiary/aromatic N) is 1. The van der Waals surface area contributed by atoms with Gasteiger partial charge in [0.1, 0.15) is 0 Å². The molecule has 1 amide bonds. The van der Waals surface area contributed by atoms with Gasteiger partial charge < -0.3 is 14.8 Å². The number of ether oxygens (including phenoxy) is 2. The number of carbonyl (C=O) groups is 1. The molecule has 0 aromatic heterocycles. The number of hydrogen-bond acceptors (Lipinski definition) is 5. The zero-order valence-corrected chi connectivity index (χ0v) is 18.5. The second-order valence-electron chi connectivity index (χ2n) is 7.07. The molecule has 0 saturated heterocycles. The summed E-state index contributed by atoms with van der Waals surface area (Å²) < 4.78 is 35.9. The van der Waals surface area contributed by atoms with Gasteiger partial charge in [-0.05, 0) is 56.2 Å². The SMILES string of the molecule is COc1cc(CNC(=O)c2ccc(C)c(N(C)S(C)(=O)=O)c2)ccc1OC(C)C. The molecule has 0 bridgehead atoms. The van der Waals surface area contributed by atoms with Crippen molar-refractivity contribution in [3.8, 4) is 11.5 Å². The van der Waals surface area contributed by atoms with Crippen LogP contribution in [-0.4, -0.2) is 40.8 Å². The maximum atomic E-state index is 12.6. The van der Waals surface area contributed by atoms with E-state index in [-0.39, 0.29) is 12.0 Å². The average Bonchev–Trinajstić information content (AvgIpc) is 2.65. The molecule has 0 unspecified atom stereocenters. The fourth-order valence-corrected chi connectivity index (χ4v) is 3.28. The van der Waals surface area contributed by atoms with Gasteiger partial charge in [0.15, 0.2) is 11.5 Å². The first-order valence-corrected chi connectivity index (χ1v) is 11.0. The largest absolute Gasteiger partial charge is 0.493 e. The van der Waals surface area contributed by atoms with E-state index in [1.54, 1.807) is 32.2 Å². The predicted octanol–water partition coefficient (Wildman–Crippen LogP) is 3.12. The van der Waals surface area contributed by atoms with Crippen LogP contribution in [0.2, 0.25) is 0 Å². The monoisotopic (exact) mass is 420 g/mol. The molecule has 0 saturated carbocycles. The van der Waals surface area contributed by atoms with Gasteiger partial charge in [0.05, 0.1) is 25.2 Å². The Bertz CT molecular complexity index is 987. The lowest BCUT2D eigenvalue weighted by atomic mass is 10.1. The average molecular weight is 421 g/mol. The van der Waals surface area contributed by atoms with E-state index in [0.29, 0.717) is 29.3 Å². The van der Waals surface area contributed by atoms with Crippen LogP contribution < -0.4 is 19.1 Å². The van der Waals surface area contributed by atoms with Crippen molar-refractivity contribution in [3.63, 3.8) is 0 Å². The molecule has 8 heteroatoms. The summed E-state index contributed by atoms with van der Waals surface area (Å²) in [4.78, 5) is 12.6. The van der Waals surface area contributed by atoms with Crippen LogP contribution in [0.1, 0.15) is 35.3 Å². The molecule has 2 rings (SSSR count). The quantitative estimate of drug-likeness (QED) is 0.709. The number of amides is 1. The lowest BCUT2D eigenvalue weighted by molar-refractivity contribution is 0.0951. The Labute approximate surface area is 172 Å². The number of hydrogen-bond donors (Lipinski definition) is 1. The maximum Gasteiger partial charge on any atom is 0.251 e. The van der Waals surface area contributed by atoms with E-state index in [0.717, 1.165) is 21.7 Å². The highest BCUT2D eigenvalue weighted by Crippen LogP contribution is 2.29. The molecule has 0 aliphatic carbocycles. The first kappa shape index (κ1) is 22.5. The maximum absolute atomic E-state index is 12.6. The zero-order valence-electron chi connectivity index (χ0n) is 17.6. The molecule has 29 heavy (non-hydrogen) atoms. The minimum atomic E-state index is -3.42. The van der Waals surface area contributed by atoms with Crippen molar-refractivity contribution < 1.29 is 22.7 Å². The normalized spacial score (nSPS) is 11.3. The van der Waals surface area contributed by atoms with Gasteiger partial charge in [-0.3, -0.25) is 9.10 Å². The summed E-state index contributed by atoms with van der Waals surface area (Å²) in [6.45, 7) is 5.96. The number of rotatable bonds is 8. The predicted molar refractivity (Wildman–Crippen MR) is 114 cm³/mol. The molecule has 7 nitrogen and oxygen atoms in total. The number of anilines is 1. The van der Waals surface area contributed by atoms with Crippen LogP contribution in [-0.2, 0) is 16.6 Å². The summed E-state index contributed by atoms with van der Waals surface area (Å²) in [5.41, 5.74) is 2.47. The van der Waals surface area contributed by atoms with Gasteiger partial charge in [-0.2, -0.15) is 0 Å². The van der Waals surface area contributed by atoms with Crippen molar-refractivity contribution >= 4 is 21.6 Å². The van der Waals surface area contributed by atoms with Gasteiger partial charge in [-0.1, -0.05) is 12.1 Å². The van der Waals surface area contributed by atoms with Gasteiger partial charge in [0.25, 0.3) is 5.91 Å². The Kier molecular flexibility index (Phi) is 7.13. The van der Waals surface area contributed by atoms with Crippen LogP contribution in [0.3, 0.4) is 0 Å². The standard InChI is InChI=1S/C21H28N2O5S/c1-14(2)28-19-10-8-16(11-20(19)27-5)13-22-21(24)17-9-7-15(3)18(12-17)23(4)29(6,25)26/h7-12,14H,13H2,1-6H3,(H,22,24). The molecule has 2 aromatic carbocycles. The molecule has 0 radical (unpaired) electrons. The highest BCUT2D eigenvalue weighted by Gasteiger charge is 2.17. The number of nitrogens with one attached hydrogen (secondary N) is 1. The lowest BCUT2D eigenvalue weighted by Crippen LogP contribution is -2.27. The van der Waals surface area contributed by atoms with E-state index in [1.807, 2.05) is 32.0 Å². The Morgan fingerprint density at radius 1 is 1.14 bits per heavy atom. The minimum absolute atomic E-state index is 0.0234. The van der Waals surface area contributed by atoms with E-state index in [2.05, 4.69) is 5.32 Å². The van der Waals surface area contributed by atoms with Crippen LogP contribution in [0.25, 0.3) is 0 Å². The highest BCUT2D eigenvalue weighted by atomic mass is 32.2. The summed E-state index contributed by atoms with van der Waals surface area (Å²) in [6, 6.07) is 10.5. The van der Waals surface area contributed by atoms with Crippen molar-refractivity contribution in [1.29, 1.82) is 0 Å². The Balaban J connectivity index is 2.15. The van der Waals surface area contributed by atoms with E-state index in [4.69, 9.17) is 9.47 Å². The highest BCUT2D eigenvalue weighted by molar-refractivity contribution is 7.92. The fourth-order valence-electron chi connectivity index (χ4n) is 2.73. The minimum Gasteiger partial charge on any atom is -0.493 e. The number of benzene rings is 2. The van der Waals surface area contributed by atoms with E-state index in [9.17, 15) is 13.2 Å². The molecule has 0 fully saturated rings. The number of methoxy groups -OCH3 is 1. The molecule has 0 spiro atoms. The lowest BCUT2D eigenvalue weighted by Gasteiger charge is -2.20. The van der Waals surface area contributed by atoms with Crippen molar-refractivity contribution in [2.75, 3.05) is 24.7 Å². The zero-order chi connectivity index (χ0) is 21.8. The molecule has 0 aliphatic rings. The van der Waals surface area contributed by atoms with Gasteiger partial charge in [-0.25, -0.2) is 8.42 Å². The molecule has 0 aliphatic heterocycles. The van der Waals surface area contributed by atoms with Crippen LogP contribution in [0.15, 0.2) is 36.4 Å². The van der Waals surface area contributed by atoms with Gasteiger partial charge in [0, 0.05) is 19.2 Å². The summed E-state index contributed by atoms with van der Waals surface area (Å²) in [5.74, 6) is 0.942. The molecular formula is C21H28N2O5S. The fraction of sp³-hybridized carbons (Fsp3) is 0.381. The van der Waals surface area contributed by atoms with Gasteiger partial charge in [0.2, 0.25) is 10.0 Å². The van der Waals surface area contributed by atoms with Crippen molar-refractivity contribution in [2.45, 2.75) is 33.4 Å². The Morgan fingerprint density at radius 3 is 2.41 bits per heavy atom. The molecule has 0 heterocycles. The van der Waals surface area contributed by atoms with Crippen molar-refractivity contribution in [3.05, 3.63) is 53.1 Å². The third-order valence-electron chi connectivity index (χ3n) is 4.35. The van der Waals surface area contributed by atoms with Gasteiger partial charge in [-0.15, -0.1) is 0 Å². The number of carbonyl (C=O) groups excluding carboxylic acids is 1. The molecule has 158 valence electrons. The second kappa shape index (κ2) is 9.17. The van der Waals surface area contributed by atoms with E-state index in [1.165, 1.54) is 7.05 Å². The topological polar surface area (TPSA) is 84.9 Å². The second-order valence-corrected chi connectivity index (χ2v) is 9.08. The van der Waals surface area contributed by atoms with Crippen LogP contribution in [0, 0.1) is 6.92 Å². The number of sulfonamides is 1. The smallest absolute Gasteiger partial charge is 0.251 e. The summed E-state index contributed by atoms with van der Waals surface area (Å²) in [5, 5.41) is 2.85. The molecule has 1 N–H and O–H groups in total. The third-order valence-corrected chi connectivity index (χ3v) is 5.54. The summed E-state index contributed by atoms with van der Waals surface area (Å²) >= 11 is 0. The van der Waals surface area contributed by atoms with E-state index < -0.39 is 10.0 Å². The van der Waals surface area contributed by atoms with E-state index >= 15 is 0 Å². The molecule has 0 atom stereocenters. The molecule has 2 aromatic rings. The Hall–Kier alpha value is -2.74. The third kappa shape index (κ3) is 5.87. The first-order chi connectivity index (χ1) is 13.5. The first-order valence-electron chi connectivity index (χ1n) is 9.19. The molecular weight excluding hydrogens is 392 g/mol. The summed E-state index contributed by atoms with van der Waals surface area (Å²) in [7, 11) is -0.390. The Morgan fingerprint density at radius 2 is 1.83 bits per heavy atom. The van der Waals surface area contributed by atoms with Crippen molar-refractivity contribution in [1.82, 2.24) is 5.32 Å².